The Kier molecular flexibility index (Phi) is 8.98. The van der Waals surface area contributed by atoms with Crippen LogP contribution >= 0.6 is 30.5 Å². The normalized spacial score (nSPS) is 12.6. The summed E-state index contributed by atoms with van der Waals surface area (Å²) in [6.45, 7) is 0. The molecule has 0 saturated carbocycles. The first-order valence-corrected chi connectivity index (χ1v) is 15.1. The SMILES string of the molecule is CNc1cc2cc(C(=O)CCC(=O)O)sc2cc1OP(=O)(O)Oc1cc2sc(C(=O)CCC(=O)O)cc2cc1OC. The Bertz CT molecular complexity index is 1600. The highest BCUT2D eigenvalue weighted by Gasteiger charge is 2.29. The van der Waals surface area contributed by atoms with Crippen LogP contribution in [0.25, 0.3) is 20.2 Å². The lowest BCUT2D eigenvalue weighted by molar-refractivity contribution is -0.137. The van der Waals surface area contributed by atoms with Crippen LogP contribution in [0.4, 0.5) is 5.69 Å². The van der Waals surface area contributed by atoms with Crippen molar-refractivity contribution in [3.05, 3.63) is 46.2 Å². The molecule has 41 heavy (non-hydrogen) atoms. The number of ketones is 2. The molecule has 0 aliphatic heterocycles. The van der Waals surface area contributed by atoms with Gasteiger partial charge in [0, 0.05) is 41.4 Å². The van der Waals surface area contributed by atoms with E-state index in [9.17, 15) is 28.6 Å². The molecule has 0 bridgehead atoms. The number of nitrogens with one attached hydrogen (secondary N) is 1. The highest BCUT2D eigenvalue weighted by Crippen LogP contribution is 2.51. The van der Waals surface area contributed by atoms with E-state index in [0.29, 0.717) is 35.6 Å². The minimum absolute atomic E-state index is 0.0281. The summed E-state index contributed by atoms with van der Waals surface area (Å²) >= 11 is 2.17. The number of aliphatic carboxylic acids is 2. The largest absolute Gasteiger partial charge is 0.585 e. The van der Waals surface area contributed by atoms with E-state index in [1.54, 1.807) is 25.2 Å². The van der Waals surface area contributed by atoms with Crippen molar-refractivity contribution in [1.29, 1.82) is 0 Å². The molecular weight excluding hydrogens is 597 g/mol. The molecule has 1 atom stereocenters. The van der Waals surface area contributed by atoms with E-state index in [4.69, 9.17) is 24.0 Å². The van der Waals surface area contributed by atoms with Gasteiger partial charge in [-0.3, -0.25) is 24.1 Å². The monoisotopic (exact) mass is 621 g/mol. The molecule has 2 aromatic carbocycles. The quantitative estimate of drug-likeness (QED) is 0.0978. The highest BCUT2D eigenvalue weighted by molar-refractivity contribution is 7.48. The molecule has 15 heteroatoms. The minimum Gasteiger partial charge on any atom is -0.493 e. The van der Waals surface area contributed by atoms with Crippen molar-refractivity contribution in [3.63, 3.8) is 0 Å². The lowest BCUT2D eigenvalue weighted by atomic mass is 10.1. The van der Waals surface area contributed by atoms with Crippen molar-refractivity contribution in [2.24, 2.45) is 0 Å². The van der Waals surface area contributed by atoms with Crippen molar-refractivity contribution in [2.45, 2.75) is 25.7 Å². The first-order chi connectivity index (χ1) is 19.4. The van der Waals surface area contributed by atoms with Gasteiger partial charge >= 0.3 is 19.8 Å². The summed E-state index contributed by atoms with van der Waals surface area (Å²) in [6, 6.07) is 9.24. The first kappa shape index (κ1) is 30.0. The van der Waals surface area contributed by atoms with Crippen molar-refractivity contribution in [2.75, 3.05) is 19.5 Å². The second-order valence-electron chi connectivity index (χ2n) is 8.68. The fraction of sp³-hybridized carbons (Fsp3) is 0.231. The Morgan fingerprint density at radius 1 is 0.756 bits per heavy atom. The predicted octanol–water partition coefficient (Wildman–Crippen LogP) is 5.82. The molecule has 0 aliphatic carbocycles. The molecule has 4 N–H and O–H groups in total. The molecule has 4 rings (SSSR count). The molecule has 0 radical (unpaired) electrons. The van der Waals surface area contributed by atoms with Gasteiger partial charge in [-0.05, 0) is 35.0 Å². The molecule has 0 spiro atoms. The van der Waals surface area contributed by atoms with Crippen LogP contribution in [-0.2, 0) is 14.2 Å². The van der Waals surface area contributed by atoms with Crippen LogP contribution in [0.2, 0.25) is 0 Å². The average Bonchev–Trinajstić information content (AvgIpc) is 3.52. The standard InChI is InChI=1S/C26H24NO11PS2/c1-27-15-7-13-9-23(16(28)3-5-25(30)31)40-21(13)11-18(15)37-39(34,35)38-20-12-22-14(8-19(20)36-2)10-24(41-22)17(29)4-6-26(32)33/h7-12,27H,3-6H2,1-2H3,(H,30,31)(H,32,33)(H,34,35). The number of anilines is 1. The number of carbonyl (C=O) groups is 4. The summed E-state index contributed by atoms with van der Waals surface area (Å²) in [7, 11) is -1.91. The minimum atomic E-state index is -4.82. The molecule has 1 unspecified atom stereocenters. The number of carbonyl (C=O) groups excluding carboxylic acids is 2. The van der Waals surface area contributed by atoms with E-state index in [2.05, 4.69) is 5.32 Å². The maximum absolute atomic E-state index is 13.1. The van der Waals surface area contributed by atoms with Crippen molar-refractivity contribution in [3.8, 4) is 17.2 Å². The van der Waals surface area contributed by atoms with Gasteiger partial charge in [-0.25, -0.2) is 4.57 Å². The predicted molar refractivity (Wildman–Crippen MR) is 153 cm³/mol. The third-order valence-electron chi connectivity index (χ3n) is 5.80. The number of thiophene rings is 2. The number of ether oxygens (including phenoxy) is 1. The molecule has 2 aromatic heterocycles. The Hall–Kier alpha value is -3.97. The molecule has 2 heterocycles. The topological polar surface area (TPSA) is 186 Å². The van der Waals surface area contributed by atoms with E-state index in [0.717, 1.165) is 22.7 Å². The van der Waals surface area contributed by atoms with Crippen LogP contribution in [-0.4, -0.2) is 52.8 Å². The van der Waals surface area contributed by atoms with Gasteiger partial charge in [0.15, 0.2) is 28.8 Å². The third kappa shape index (κ3) is 7.22. The number of phosphoric ester groups is 1. The maximum Gasteiger partial charge on any atom is 0.585 e. The summed E-state index contributed by atoms with van der Waals surface area (Å²) in [5, 5.41) is 21.8. The number of hydrogen-bond acceptors (Lipinski definition) is 11. The number of phosphoric acid groups is 1. The molecule has 0 aliphatic rings. The smallest absolute Gasteiger partial charge is 0.493 e. The molecular formula is C26H24NO11PS2. The van der Waals surface area contributed by atoms with E-state index in [1.165, 1.54) is 25.3 Å². The van der Waals surface area contributed by atoms with E-state index in [-0.39, 0.29) is 54.5 Å². The van der Waals surface area contributed by atoms with Crippen LogP contribution in [0.5, 0.6) is 17.2 Å². The summed E-state index contributed by atoms with van der Waals surface area (Å²) in [5.41, 5.74) is 0.336. The lowest BCUT2D eigenvalue weighted by Gasteiger charge is -2.17. The number of rotatable bonds is 14. The number of fused-ring (bicyclic) bond motifs is 2. The van der Waals surface area contributed by atoms with Gasteiger partial charge in [0.05, 0.1) is 35.4 Å². The number of methoxy groups -OCH3 is 1. The lowest BCUT2D eigenvalue weighted by Crippen LogP contribution is -2.03. The molecule has 0 saturated heterocycles. The van der Waals surface area contributed by atoms with Gasteiger partial charge in [-0.15, -0.1) is 22.7 Å². The van der Waals surface area contributed by atoms with E-state index < -0.39 is 19.8 Å². The highest BCUT2D eigenvalue weighted by atomic mass is 32.1. The Labute approximate surface area is 240 Å². The Morgan fingerprint density at radius 3 is 1.73 bits per heavy atom. The molecule has 216 valence electrons. The van der Waals surface area contributed by atoms with E-state index >= 15 is 0 Å². The van der Waals surface area contributed by atoms with Crippen molar-refractivity contribution < 1.29 is 52.6 Å². The zero-order chi connectivity index (χ0) is 29.9. The summed E-state index contributed by atoms with van der Waals surface area (Å²) in [4.78, 5) is 57.7. The molecule has 4 aromatic rings. The van der Waals surface area contributed by atoms with Gasteiger partial charge < -0.3 is 29.3 Å². The summed E-state index contributed by atoms with van der Waals surface area (Å²) < 4.78 is 30.3. The summed E-state index contributed by atoms with van der Waals surface area (Å²) in [5.74, 6) is -2.88. The average molecular weight is 622 g/mol. The number of hydrogen-bond donors (Lipinski definition) is 4. The Morgan fingerprint density at radius 2 is 1.24 bits per heavy atom. The van der Waals surface area contributed by atoms with Crippen LogP contribution in [0.1, 0.15) is 45.0 Å². The Balaban J connectivity index is 1.59. The zero-order valence-electron chi connectivity index (χ0n) is 21.7. The van der Waals surface area contributed by atoms with Gasteiger partial charge in [-0.1, -0.05) is 0 Å². The van der Waals surface area contributed by atoms with Gasteiger partial charge in [-0.2, -0.15) is 0 Å². The van der Waals surface area contributed by atoms with Gasteiger partial charge in [0.1, 0.15) is 0 Å². The maximum atomic E-state index is 13.1. The fourth-order valence-corrected chi connectivity index (χ4v) is 6.76. The molecule has 12 nitrogen and oxygen atoms in total. The summed E-state index contributed by atoms with van der Waals surface area (Å²) in [6.07, 6.45) is -0.914. The van der Waals surface area contributed by atoms with Gasteiger partial charge in [0.25, 0.3) is 0 Å². The number of benzene rings is 2. The second kappa shape index (κ2) is 12.3. The number of Topliss-reactive ketones (excluding diaryl/α,β-unsaturated/α-hetero) is 2. The second-order valence-corrected chi connectivity index (χ2v) is 12.2. The van der Waals surface area contributed by atoms with Crippen LogP contribution in [0, 0.1) is 0 Å². The van der Waals surface area contributed by atoms with Crippen LogP contribution in [0.3, 0.4) is 0 Å². The number of carboxylic acid groups (broad SMARTS) is 2. The first-order valence-electron chi connectivity index (χ1n) is 12.0. The number of carboxylic acids is 2. The zero-order valence-corrected chi connectivity index (χ0v) is 24.2. The molecule has 0 amide bonds. The fourth-order valence-electron chi connectivity index (χ4n) is 3.85. The molecule has 0 fully saturated rings. The van der Waals surface area contributed by atoms with Crippen LogP contribution < -0.4 is 19.1 Å². The van der Waals surface area contributed by atoms with Crippen molar-refractivity contribution in [1.82, 2.24) is 0 Å². The van der Waals surface area contributed by atoms with Crippen LogP contribution in [0.15, 0.2) is 36.4 Å². The third-order valence-corrected chi connectivity index (χ3v) is 8.93. The van der Waals surface area contributed by atoms with Gasteiger partial charge in [0.2, 0.25) is 0 Å². The van der Waals surface area contributed by atoms with Crippen molar-refractivity contribution >= 4 is 79.9 Å². The van der Waals surface area contributed by atoms with E-state index in [1.807, 2.05) is 0 Å².